The third-order valence-corrected chi connectivity index (χ3v) is 3.47. The third-order valence-electron chi connectivity index (χ3n) is 2.54. The van der Waals surface area contributed by atoms with Gasteiger partial charge in [0.05, 0.1) is 6.54 Å². The second kappa shape index (κ2) is 5.91. The number of nitrogens with one attached hydrogen (secondary N) is 1. The van der Waals surface area contributed by atoms with E-state index in [0.717, 1.165) is 28.1 Å². The number of halogens is 2. The van der Waals surface area contributed by atoms with Crippen molar-refractivity contribution in [3.05, 3.63) is 45.6 Å². The van der Waals surface area contributed by atoms with Crippen LogP contribution in [0.1, 0.15) is 19.6 Å². The molecule has 2 rings (SSSR count). The van der Waals surface area contributed by atoms with Crippen LogP contribution in [0.4, 0.5) is 0 Å². The van der Waals surface area contributed by atoms with Crippen molar-refractivity contribution < 1.29 is 4.42 Å². The van der Waals surface area contributed by atoms with Crippen LogP contribution < -0.4 is 5.32 Å². The zero-order valence-corrected chi connectivity index (χ0v) is 12.7. The van der Waals surface area contributed by atoms with Crippen LogP contribution >= 0.6 is 27.5 Å². The maximum absolute atomic E-state index is 6.00. The minimum atomic E-state index is 0.441. The first kappa shape index (κ1) is 13.7. The highest BCUT2D eigenvalue weighted by atomic mass is 79.9. The second-order valence-corrected chi connectivity index (χ2v) is 5.72. The Morgan fingerprint density at radius 3 is 2.78 bits per heavy atom. The van der Waals surface area contributed by atoms with Gasteiger partial charge >= 0.3 is 0 Å². The number of hydrogen-bond acceptors (Lipinski definition) is 2. The molecule has 1 aromatic heterocycles. The molecule has 1 aromatic carbocycles. The van der Waals surface area contributed by atoms with Crippen LogP contribution in [0.5, 0.6) is 0 Å². The molecule has 2 aromatic rings. The Morgan fingerprint density at radius 2 is 2.06 bits per heavy atom. The lowest BCUT2D eigenvalue weighted by molar-refractivity contribution is 0.473. The molecular weight excluding hydrogens is 314 g/mol. The molecule has 0 fully saturated rings. The highest BCUT2D eigenvalue weighted by Crippen LogP contribution is 2.32. The van der Waals surface area contributed by atoms with Gasteiger partial charge in [-0.05, 0) is 30.3 Å². The van der Waals surface area contributed by atoms with Gasteiger partial charge in [0.15, 0.2) is 0 Å². The van der Waals surface area contributed by atoms with Crippen molar-refractivity contribution in [3.8, 4) is 11.3 Å². The van der Waals surface area contributed by atoms with Crippen molar-refractivity contribution in [1.29, 1.82) is 0 Å². The second-order valence-electron chi connectivity index (χ2n) is 4.43. The minimum Gasteiger partial charge on any atom is -0.460 e. The van der Waals surface area contributed by atoms with Gasteiger partial charge in [-0.3, -0.25) is 0 Å². The van der Waals surface area contributed by atoms with Crippen LogP contribution in [0, 0.1) is 0 Å². The summed E-state index contributed by atoms with van der Waals surface area (Å²) in [5, 5.41) is 4.02. The Balaban J connectivity index is 2.21. The fraction of sp³-hybridized carbons (Fsp3) is 0.286. The molecular formula is C14H15BrClNO. The van der Waals surface area contributed by atoms with Crippen LogP contribution in [0.15, 0.2) is 39.2 Å². The Labute approximate surface area is 120 Å². The topological polar surface area (TPSA) is 25.2 Å². The molecule has 0 radical (unpaired) electrons. The summed E-state index contributed by atoms with van der Waals surface area (Å²) in [5.41, 5.74) is 0.971. The molecule has 0 saturated heterocycles. The molecule has 0 saturated carbocycles. The van der Waals surface area contributed by atoms with E-state index in [1.165, 1.54) is 0 Å². The fourth-order valence-electron chi connectivity index (χ4n) is 1.61. The summed E-state index contributed by atoms with van der Waals surface area (Å²) in [4.78, 5) is 0. The van der Waals surface area contributed by atoms with E-state index in [1.807, 2.05) is 30.3 Å². The highest BCUT2D eigenvalue weighted by molar-refractivity contribution is 9.10. The zero-order chi connectivity index (χ0) is 13.1. The lowest BCUT2D eigenvalue weighted by Gasteiger charge is -2.05. The lowest BCUT2D eigenvalue weighted by Crippen LogP contribution is -2.21. The summed E-state index contributed by atoms with van der Waals surface area (Å²) in [6, 6.07) is 10.1. The predicted molar refractivity (Wildman–Crippen MR) is 78.8 cm³/mol. The highest BCUT2D eigenvalue weighted by Gasteiger charge is 2.09. The molecule has 1 heterocycles. The quantitative estimate of drug-likeness (QED) is 0.867. The summed E-state index contributed by atoms with van der Waals surface area (Å²) in [7, 11) is 0. The Morgan fingerprint density at radius 1 is 1.28 bits per heavy atom. The summed E-state index contributed by atoms with van der Waals surface area (Å²) < 4.78 is 6.78. The van der Waals surface area contributed by atoms with Crippen molar-refractivity contribution in [2.75, 3.05) is 0 Å². The first-order valence-corrected chi connectivity index (χ1v) is 7.01. The number of rotatable bonds is 4. The fourth-order valence-corrected chi connectivity index (χ4v) is 2.22. The van der Waals surface area contributed by atoms with E-state index in [0.29, 0.717) is 11.1 Å². The molecule has 0 spiro atoms. The van der Waals surface area contributed by atoms with Crippen LogP contribution in [0.25, 0.3) is 11.3 Å². The molecule has 0 aliphatic carbocycles. The van der Waals surface area contributed by atoms with Gasteiger partial charge in [0.2, 0.25) is 0 Å². The van der Waals surface area contributed by atoms with Gasteiger partial charge in [-0.25, -0.2) is 0 Å². The van der Waals surface area contributed by atoms with Crippen molar-refractivity contribution in [3.63, 3.8) is 0 Å². The molecule has 0 aliphatic rings. The molecule has 0 bridgehead atoms. The molecule has 0 atom stereocenters. The predicted octanol–water partition coefficient (Wildman–Crippen LogP) is 4.86. The summed E-state index contributed by atoms with van der Waals surface area (Å²) in [6.07, 6.45) is 0. The largest absolute Gasteiger partial charge is 0.460 e. The molecule has 0 aliphatic heterocycles. The van der Waals surface area contributed by atoms with Gasteiger partial charge in [-0.1, -0.05) is 41.4 Å². The van der Waals surface area contributed by atoms with Crippen molar-refractivity contribution in [2.45, 2.75) is 26.4 Å². The van der Waals surface area contributed by atoms with Gasteiger partial charge in [0.25, 0.3) is 0 Å². The van der Waals surface area contributed by atoms with Gasteiger partial charge in [-0.2, -0.15) is 0 Å². The third kappa shape index (κ3) is 3.37. The number of furan rings is 1. The molecule has 96 valence electrons. The average Bonchev–Trinajstić information content (AvgIpc) is 2.78. The zero-order valence-electron chi connectivity index (χ0n) is 10.3. The summed E-state index contributed by atoms with van der Waals surface area (Å²) in [5.74, 6) is 1.75. The van der Waals surface area contributed by atoms with Crippen molar-refractivity contribution >= 4 is 27.5 Å². The molecule has 0 unspecified atom stereocenters. The van der Waals surface area contributed by atoms with Gasteiger partial charge in [0, 0.05) is 21.1 Å². The maximum Gasteiger partial charge on any atom is 0.135 e. The van der Waals surface area contributed by atoms with Gasteiger partial charge in [0.1, 0.15) is 11.5 Å². The summed E-state index contributed by atoms with van der Waals surface area (Å²) in [6.45, 7) is 4.95. The molecule has 0 amide bonds. The van der Waals surface area contributed by atoms with Crippen molar-refractivity contribution in [2.24, 2.45) is 0 Å². The summed E-state index contributed by atoms with van der Waals surface area (Å²) >= 11 is 9.51. The first-order valence-electron chi connectivity index (χ1n) is 5.84. The maximum atomic E-state index is 6.00. The van der Waals surface area contributed by atoms with E-state index < -0.39 is 0 Å². The van der Waals surface area contributed by atoms with E-state index in [9.17, 15) is 0 Å². The van der Waals surface area contributed by atoms with Crippen LogP contribution in [0.3, 0.4) is 0 Å². The minimum absolute atomic E-state index is 0.441. The van der Waals surface area contributed by atoms with E-state index in [-0.39, 0.29) is 0 Å². The van der Waals surface area contributed by atoms with Crippen LogP contribution in [-0.4, -0.2) is 6.04 Å². The molecule has 4 heteroatoms. The molecule has 18 heavy (non-hydrogen) atoms. The average molecular weight is 329 g/mol. The molecule has 1 N–H and O–H groups in total. The SMILES string of the molecule is CC(C)NCc1ccc(-c2cc(Cl)ccc2Br)o1. The number of hydrogen-bond donors (Lipinski definition) is 1. The van der Waals surface area contributed by atoms with E-state index in [2.05, 4.69) is 35.1 Å². The Hall–Kier alpha value is -0.770. The monoisotopic (exact) mass is 327 g/mol. The van der Waals surface area contributed by atoms with Gasteiger partial charge in [-0.15, -0.1) is 0 Å². The first-order chi connectivity index (χ1) is 8.56. The van der Waals surface area contributed by atoms with E-state index >= 15 is 0 Å². The smallest absolute Gasteiger partial charge is 0.135 e. The Kier molecular flexibility index (Phi) is 4.49. The lowest BCUT2D eigenvalue weighted by atomic mass is 10.2. The van der Waals surface area contributed by atoms with Gasteiger partial charge < -0.3 is 9.73 Å². The normalized spacial score (nSPS) is 11.2. The molecule has 2 nitrogen and oxygen atoms in total. The van der Waals surface area contributed by atoms with E-state index in [1.54, 1.807) is 0 Å². The van der Waals surface area contributed by atoms with Crippen LogP contribution in [-0.2, 0) is 6.54 Å². The van der Waals surface area contributed by atoms with Crippen LogP contribution in [0.2, 0.25) is 5.02 Å². The Bertz CT molecular complexity index is 536. The van der Waals surface area contributed by atoms with E-state index in [4.69, 9.17) is 16.0 Å². The number of benzene rings is 1. The van der Waals surface area contributed by atoms with Crippen molar-refractivity contribution in [1.82, 2.24) is 5.32 Å². The standard InChI is InChI=1S/C14H15BrClNO/c1-9(2)17-8-11-4-6-14(18-11)12-7-10(16)3-5-13(12)15/h3-7,9,17H,8H2,1-2H3.